The van der Waals surface area contributed by atoms with Gasteiger partial charge < -0.3 is 13.9 Å². The third kappa shape index (κ3) is 4.64. The molecule has 0 amide bonds. The number of carbonyl (C=O) groups is 2. The molecule has 3 rings (SSSR count). The molecule has 154 valence electrons. The van der Waals surface area contributed by atoms with E-state index in [-0.39, 0.29) is 11.3 Å². The first-order valence-electron chi connectivity index (χ1n) is 9.56. The average Bonchev–Trinajstić information content (AvgIpc) is 3.02. The maximum absolute atomic E-state index is 12.3. The first-order chi connectivity index (χ1) is 14.1. The van der Waals surface area contributed by atoms with Crippen molar-refractivity contribution in [2.75, 3.05) is 7.11 Å². The molecule has 0 atom stereocenters. The number of hydrogen-bond acceptors (Lipinski definition) is 5. The van der Waals surface area contributed by atoms with Crippen LogP contribution in [-0.4, -0.2) is 27.1 Å². The maximum atomic E-state index is 12.3. The van der Waals surface area contributed by atoms with Gasteiger partial charge in [-0.3, -0.25) is 4.79 Å². The second-order valence-corrected chi connectivity index (χ2v) is 12.9. The van der Waals surface area contributed by atoms with Crippen LogP contribution in [0.2, 0.25) is 19.6 Å². The lowest BCUT2D eigenvalue weighted by atomic mass is 10.0. The summed E-state index contributed by atoms with van der Waals surface area (Å²) in [6, 6.07) is 11.1. The third-order valence-electron chi connectivity index (χ3n) is 4.33. The summed E-state index contributed by atoms with van der Waals surface area (Å²) in [7, 11) is -0.391. The number of carbonyl (C=O) groups excluding carboxylic acids is 2. The van der Waals surface area contributed by atoms with Crippen LogP contribution in [0.15, 0.2) is 40.8 Å². The van der Waals surface area contributed by atoms with Crippen molar-refractivity contribution in [2.45, 2.75) is 33.5 Å². The normalized spacial score (nSPS) is 11.0. The van der Waals surface area contributed by atoms with Gasteiger partial charge in [-0.05, 0) is 13.0 Å². The Morgan fingerprint density at radius 2 is 1.73 bits per heavy atom. The van der Waals surface area contributed by atoms with Gasteiger partial charge in [-0.25, -0.2) is 4.79 Å². The zero-order valence-electron chi connectivity index (χ0n) is 18.0. The number of aryl methyl sites for hydroxylation is 1. The summed E-state index contributed by atoms with van der Waals surface area (Å²) < 4.78 is 16.3. The highest BCUT2D eigenvalue weighted by Crippen LogP contribution is 2.37. The van der Waals surface area contributed by atoms with Crippen LogP contribution < -0.4 is 4.74 Å². The highest BCUT2D eigenvalue weighted by Gasteiger charge is 2.22. The Balaban J connectivity index is 2.34. The number of esters is 2. The van der Waals surface area contributed by atoms with Crippen LogP contribution in [0.1, 0.15) is 28.4 Å². The molecule has 0 bridgehead atoms. The van der Waals surface area contributed by atoms with E-state index in [0.717, 1.165) is 11.1 Å². The molecule has 1 aromatic heterocycles. The van der Waals surface area contributed by atoms with Gasteiger partial charge in [0.1, 0.15) is 25.0 Å². The van der Waals surface area contributed by atoms with Gasteiger partial charge in [0.2, 0.25) is 0 Å². The number of hydrogen-bond donors (Lipinski definition) is 0. The Hall–Kier alpha value is -3.30. The van der Waals surface area contributed by atoms with Crippen LogP contribution in [0.5, 0.6) is 5.75 Å². The van der Waals surface area contributed by atoms with Crippen molar-refractivity contribution in [3.05, 3.63) is 53.1 Å². The summed E-state index contributed by atoms with van der Waals surface area (Å²) in [5.74, 6) is 2.86. The van der Waals surface area contributed by atoms with E-state index in [2.05, 4.69) is 31.1 Å². The highest BCUT2D eigenvalue weighted by molar-refractivity contribution is 6.83. The van der Waals surface area contributed by atoms with Gasteiger partial charge in [0.15, 0.2) is 5.76 Å². The topological polar surface area (TPSA) is 65.7 Å². The van der Waals surface area contributed by atoms with Crippen molar-refractivity contribution in [1.82, 2.24) is 0 Å². The van der Waals surface area contributed by atoms with E-state index in [1.54, 1.807) is 12.1 Å². The fourth-order valence-electron chi connectivity index (χ4n) is 2.92. The molecule has 1 heterocycles. The minimum Gasteiger partial charge on any atom is -0.465 e. The molecule has 0 aliphatic heterocycles. The van der Waals surface area contributed by atoms with E-state index in [0.29, 0.717) is 22.3 Å². The van der Waals surface area contributed by atoms with Gasteiger partial charge >= 0.3 is 11.9 Å². The number of ether oxygens (including phenoxy) is 2. The van der Waals surface area contributed by atoms with Crippen molar-refractivity contribution in [3.8, 4) is 28.5 Å². The van der Waals surface area contributed by atoms with Crippen molar-refractivity contribution in [3.63, 3.8) is 0 Å². The summed E-state index contributed by atoms with van der Waals surface area (Å²) >= 11 is 0. The average molecular weight is 421 g/mol. The molecular weight excluding hydrogens is 396 g/mol. The van der Waals surface area contributed by atoms with E-state index >= 15 is 0 Å². The van der Waals surface area contributed by atoms with Gasteiger partial charge in [-0.15, -0.1) is 5.54 Å². The number of rotatable bonds is 3. The van der Waals surface area contributed by atoms with Crippen molar-refractivity contribution >= 4 is 31.0 Å². The minimum atomic E-state index is -1.67. The SMILES string of the molecule is COC(=O)c1cc2c(C#C[Si](C)(C)C)c(-c3ccc(C)cc3)oc2cc1OC(C)=O. The Kier molecular flexibility index (Phi) is 5.86. The van der Waals surface area contributed by atoms with Gasteiger partial charge in [0, 0.05) is 23.9 Å². The zero-order valence-corrected chi connectivity index (χ0v) is 19.0. The zero-order chi connectivity index (χ0) is 22.1. The molecule has 0 saturated heterocycles. The fourth-order valence-corrected chi connectivity index (χ4v) is 3.42. The second kappa shape index (κ2) is 8.21. The maximum Gasteiger partial charge on any atom is 0.341 e. The largest absolute Gasteiger partial charge is 0.465 e. The van der Waals surface area contributed by atoms with Crippen molar-refractivity contribution < 1.29 is 23.5 Å². The predicted molar refractivity (Wildman–Crippen MR) is 119 cm³/mol. The molecule has 0 spiro atoms. The van der Waals surface area contributed by atoms with Crippen LogP contribution >= 0.6 is 0 Å². The molecule has 0 aliphatic rings. The van der Waals surface area contributed by atoms with E-state index in [1.807, 2.05) is 31.2 Å². The Labute approximate surface area is 177 Å². The molecule has 0 unspecified atom stereocenters. The van der Waals surface area contributed by atoms with Crippen LogP contribution in [0.4, 0.5) is 0 Å². The molecular formula is C24H24O5Si. The Morgan fingerprint density at radius 1 is 1.07 bits per heavy atom. The van der Waals surface area contributed by atoms with E-state index in [1.165, 1.54) is 14.0 Å². The van der Waals surface area contributed by atoms with Crippen molar-refractivity contribution in [2.24, 2.45) is 0 Å². The molecule has 0 radical (unpaired) electrons. The first kappa shape index (κ1) is 21.4. The third-order valence-corrected chi connectivity index (χ3v) is 5.20. The lowest BCUT2D eigenvalue weighted by molar-refractivity contribution is -0.131. The number of methoxy groups -OCH3 is 1. The summed E-state index contributed by atoms with van der Waals surface area (Å²) in [5, 5.41) is 0.674. The molecule has 0 saturated carbocycles. The summed E-state index contributed by atoms with van der Waals surface area (Å²) in [6.07, 6.45) is 0. The van der Waals surface area contributed by atoms with Gasteiger partial charge in [0.25, 0.3) is 0 Å². The van der Waals surface area contributed by atoms with Gasteiger partial charge in [0.05, 0.1) is 12.7 Å². The van der Waals surface area contributed by atoms with Crippen LogP contribution in [0.25, 0.3) is 22.3 Å². The molecule has 6 heteroatoms. The van der Waals surface area contributed by atoms with Crippen molar-refractivity contribution in [1.29, 1.82) is 0 Å². The lowest BCUT2D eigenvalue weighted by Crippen LogP contribution is -2.16. The number of furan rings is 1. The van der Waals surface area contributed by atoms with E-state index in [9.17, 15) is 9.59 Å². The van der Waals surface area contributed by atoms with Crippen LogP contribution in [0.3, 0.4) is 0 Å². The minimum absolute atomic E-state index is 0.0933. The Morgan fingerprint density at radius 3 is 2.30 bits per heavy atom. The fraction of sp³-hybridized carbons (Fsp3) is 0.250. The molecule has 30 heavy (non-hydrogen) atoms. The molecule has 0 fully saturated rings. The molecule has 2 aromatic carbocycles. The quantitative estimate of drug-likeness (QED) is 0.247. The highest BCUT2D eigenvalue weighted by atomic mass is 28.3. The molecule has 5 nitrogen and oxygen atoms in total. The van der Waals surface area contributed by atoms with Gasteiger partial charge in [-0.2, -0.15) is 0 Å². The Bertz CT molecular complexity index is 1180. The van der Waals surface area contributed by atoms with Crippen LogP contribution in [0, 0.1) is 18.4 Å². The second-order valence-electron chi connectivity index (χ2n) is 8.10. The number of benzene rings is 2. The predicted octanol–water partition coefficient (Wildman–Crippen LogP) is 5.35. The molecule has 0 aliphatic carbocycles. The monoisotopic (exact) mass is 420 g/mol. The molecule has 3 aromatic rings. The van der Waals surface area contributed by atoms with E-state index in [4.69, 9.17) is 13.9 Å². The van der Waals surface area contributed by atoms with Crippen LogP contribution in [-0.2, 0) is 9.53 Å². The first-order valence-corrected chi connectivity index (χ1v) is 13.1. The smallest absolute Gasteiger partial charge is 0.341 e. The number of fused-ring (bicyclic) bond motifs is 1. The molecule has 0 N–H and O–H groups in total. The van der Waals surface area contributed by atoms with Gasteiger partial charge in [-0.1, -0.05) is 55.4 Å². The lowest BCUT2D eigenvalue weighted by Gasteiger charge is -2.07. The summed E-state index contributed by atoms with van der Waals surface area (Å²) in [6.45, 7) is 9.77. The standard InChI is InChI=1S/C24H24O5Si/c1-15-7-9-17(10-8-15)23-18(11-12-30(4,5)6)19-13-20(24(26)27-3)22(28-16(2)25)14-21(19)29-23/h7-10,13-14H,1-6H3. The van der Waals surface area contributed by atoms with E-state index < -0.39 is 20.0 Å². The summed E-state index contributed by atoms with van der Waals surface area (Å²) in [5.41, 5.74) is 6.72. The summed E-state index contributed by atoms with van der Waals surface area (Å²) in [4.78, 5) is 23.9.